The molecule has 2 aromatic carbocycles. The third-order valence-electron chi connectivity index (χ3n) is 3.55. The molecule has 0 atom stereocenters. The molecule has 0 spiro atoms. The molecule has 0 aliphatic heterocycles. The number of hydrogen-bond acceptors (Lipinski definition) is 4. The van der Waals surface area contributed by atoms with Crippen LogP contribution in [0.2, 0.25) is 5.02 Å². The number of amidine groups is 1. The smallest absolute Gasteiger partial charge is 0.416 e. The van der Waals surface area contributed by atoms with Gasteiger partial charge in [-0.1, -0.05) is 23.7 Å². The Bertz CT molecular complexity index is 941. The number of nitrogens with two attached hydrogens (primary N) is 2. The maximum Gasteiger partial charge on any atom is 0.416 e. The van der Waals surface area contributed by atoms with Gasteiger partial charge in [0.15, 0.2) is 5.70 Å². The average molecular weight is 427 g/mol. The highest BCUT2D eigenvalue weighted by Crippen LogP contribution is 2.29. The van der Waals surface area contributed by atoms with Gasteiger partial charge in [0.1, 0.15) is 11.6 Å². The first-order chi connectivity index (χ1) is 13.6. The van der Waals surface area contributed by atoms with Crippen molar-refractivity contribution in [2.45, 2.75) is 13.1 Å². The Labute approximate surface area is 170 Å². The molecule has 2 rings (SSSR count). The van der Waals surface area contributed by atoms with E-state index in [0.717, 1.165) is 12.1 Å². The van der Waals surface area contributed by atoms with E-state index in [1.165, 1.54) is 36.4 Å². The summed E-state index contributed by atoms with van der Waals surface area (Å²) < 4.78 is 44.3. The largest absolute Gasteiger partial charge is 0.437 e. The van der Waals surface area contributed by atoms with E-state index in [0.29, 0.717) is 11.6 Å². The predicted octanol–water partition coefficient (Wildman–Crippen LogP) is 3.41. The Morgan fingerprint density at radius 2 is 1.83 bits per heavy atom. The van der Waals surface area contributed by atoms with Crippen LogP contribution in [-0.2, 0) is 11.0 Å². The van der Waals surface area contributed by atoms with Gasteiger partial charge in [0.2, 0.25) is 5.88 Å². The lowest BCUT2D eigenvalue weighted by molar-refractivity contribution is -0.137. The minimum absolute atomic E-state index is 0.0132. The summed E-state index contributed by atoms with van der Waals surface area (Å²) in [5.74, 6) is -1.10. The van der Waals surface area contributed by atoms with Crippen molar-refractivity contribution in [3.05, 3.63) is 76.3 Å². The summed E-state index contributed by atoms with van der Waals surface area (Å²) in [5, 5.41) is 2.93. The van der Waals surface area contributed by atoms with Gasteiger partial charge in [-0.15, -0.1) is 0 Å². The fourth-order valence-corrected chi connectivity index (χ4v) is 2.26. The van der Waals surface area contributed by atoms with Crippen molar-refractivity contribution in [1.82, 2.24) is 5.32 Å². The fraction of sp³-hybridized carbons (Fsp3) is 0.158. The normalized spacial score (nSPS) is 12.9. The molecule has 0 radical (unpaired) electrons. The number of alkyl halides is 3. The minimum atomic E-state index is -4.55. The van der Waals surface area contributed by atoms with Gasteiger partial charge in [-0.2, -0.15) is 18.2 Å². The molecule has 10 heteroatoms. The summed E-state index contributed by atoms with van der Waals surface area (Å²) in [6.07, 6.45) is -4.55. The van der Waals surface area contributed by atoms with E-state index in [2.05, 4.69) is 10.3 Å². The molecule has 29 heavy (non-hydrogen) atoms. The number of likely N-dealkylation sites (N-methyl/N-ethyl adjacent to an activating group) is 1. The summed E-state index contributed by atoms with van der Waals surface area (Å²) in [7, 11) is 0. The summed E-state index contributed by atoms with van der Waals surface area (Å²) in [6.45, 7) is 1.98. The summed E-state index contributed by atoms with van der Waals surface area (Å²) >= 11 is 5.82. The molecule has 0 aliphatic carbocycles. The van der Waals surface area contributed by atoms with Gasteiger partial charge in [0.25, 0.3) is 5.91 Å². The third-order valence-corrected chi connectivity index (χ3v) is 3.80. The molecule has 154 valence electrons. The van der Waals surface area contributed by atoms with Gasteiger partial charge in [-0.05, 0) is 43.3 Å². The molecule has 0 heterocycles. The van der Waals surface area contributed by atoms with Gasteiger partial charge in [0, 0.05) is 17.1 Å². The number of amides is 1. The number of rotatable bonds is 6. The SMILES string of the molecule is CCNC(=O)/C(N)=C(/N=C(\N)c1cccc(C(F)(F)F)c1)Oc1ccc(Cl)cc1. The second kappa shape index (κ2) is 9.33. The van der Waals surface area contributed by atoms with E-state index in [-0.39, 0.29) is 23.0 Å². The molecular formula is C19H18ClF3N4O2. The summed E-state index contributed by atoms with van der Waals surface area (Å²) in [6, 6.07) is 10.4. The molecule has 0 saturated carbocycles. The molecule has 0 saturated heterocycles. The molecule has 0 aliphatic rings. The number of carbonyl (C=O) groups excluding carboxylic acids is 1. The van der Waals surface area contributed by atoms with Gasteiger partial charge < -0.3 is 21.5 Å². The highest BCUT2D eigenvalue weighted by atomic mass is 35.5. The number of benzene rings is 2. The lowest BCUT2D eigenvalue weighted by Crippen LogP contribution is -2.30. The van der Waals surface area contributed by atoms with Gasteiger partial charge in [0.05, 0.1) is 5.56 Å². The monoisotopic (exact) mass is 426 g/mol. The highest BCUT2D eigenvalue weighted by Gasteiger charge is 2.30. The number of carbonyl (C=O) groups is 1. The van der Waals surface area contributed by atoms with Crippen LogP contribution in [0.1, 0.15) is 18.1 Å². The van der Waals surface area contributed by atoms with Crippen LogP contribution >= 0.6 is 11.6 Å². The highest BCUT2D eigenvalue weighted by molar-refractivity contribution is 6.30. The van der Waals surface area contributed by atoms with E-state index < -0.39 is 23.3 Å². The Morgan fingerprint density at radius 3 is 2.41 bits per heavy atom. The van der Waals surface area contributed by atoms with Crippen LogP contribution < -0.4 is 21.5 Å². The maximum atomic E-state index is 12.9. The van der Waals surface area contributed by atoms with Crippen molar-refractivity contribution in [3.63, 3.8) is 0 Å². The van der Waals surface area contributed by atoms with E-state index in [4.69, 9.17) is 27.8 Å². The molecule has 6 nitrogen and oxygen atoms in total. The number of nitrogens with one attached hydrogen (secondary N) is 1. The van der Waals surface area contributed by atoms with Crippen molar-refractivity contribution >= 4 is 23.3 Å². The first kappa shape index (κ1) is 22.1. The van der Waals surface area contributed by atoms with Crippen molar-refractivity contribution in [3.8, 4) is 5.75 Å². The van der Waals surface area contributed by atoms with E-state index >= 15 is 0 Å². The topological polar surface area (TPSA) is 103 Å². The number of nitrogens with zero attached hydrogens (tertiary/aromatic N) is 1. The molecule has 5 N–H and O–H groups in total. The van der Waals surface area contributed by atoms with Crippen LogP contribution in [-0.4, -0.2) is 18.3 Å². The second-order valence-corrected chi connectivity index (χ2v) is 6.15. The zero-order chi connectivity index (χ0) is 21.6. The minimum Gasteiger partial charge on any atom is -0.437 e. The lowest BCUT2D eigenvalue weighted by Gasteiger charge is -2.12. The van der Waals surface area contributed by atoms with E-state index in [9.17, 15) is 18.0 Å². The molecular weight excluding hydrogens is 409 g/mol. The lowest BCUT2D eigenvalue weighted by atomic mass is 10.1. The first-order valence-electron chi connectivity index (χ1n) is 8.35. The number of aliphatic imine (C=N–C) groups is 1. The van der Waals surface area contributed by atoms with Gasteiger partial charge in [-0.3, -0.25) is 4.79 Å². The van der Waals surface area contributed by atoms with Crippen LogP contribution in [0.4, 0.5) is 13.2 Å². The second-order valence-electron chi connectivity index (χ2n) is 5.71. The zero-order valence-corrected chi connectivity index (χ0v) is 16.0. The number of hydrogen-bond donors (Lipinski definition) is 3. The summed E-state index contributed by atoms with van der Waals surface area (Å²) in [5.41, 5.74) is 10.4. The van der Waals surface area contributed by atoms with Crippen LogP contribution in [0, 0.1) is 0 Å². The predicted molar refractivity (Wildman–Crippen MR) is 104 cm³/mol. The third kappa shape index (κ3) is 6.15. The first-order valence-corrected chi connectivity index (χ1v) is 8.72. The van der Waals surface area contributed by atoms with E-state index in [1.807, 2.05) is 0 Å². The molecule has 2 aromatic rings. The quantitative estimate of drug-likeness (QED) is 0.285. The van der Waals surface area contributed by atoms with E-state index in [1.54, 1.807) is 6.92 Å². The molecule has 0 bridgehead atoms. The number of halogens is 4. The zero-order valence-electron chi connectivity index (χ0n) is 15.3. The maximum absolute atomic E-state index is 12.9. The Kier molecular flexibility index (Phi) is 7.11. The Hall–Kier alpha value is -3.20. The molecule has 1 amide bonds. The Morgan fingerprint density at radius 1 is 1.17 bits per heavy atom. The van der Waals surface area contributed by atoms with Crippen molar-refractivity contribution in [2.24, 2.45) is 16.5 Å². The Balaban J connectivity index is 2.46. The molecule has 0 fully saturated rings. The van der Waals surface area contributed by atoms with Crippen molar-refractivity contribution in [1.29, 1.82) is 0 Å². The average Bonchev–Trinajstić information content (AvgIpc) is 2.68. The van der Waals surface area contributed by atoms with Gasteiger partial charge in [-0.25, -0.2) is 0 Å². The van der Waals surface area contributed by atoms with Crippen LogP contribution in [0.25, 0.3) is 0 Å². The van der Waals surface area contributed by atoms with Gasteiger partial charge >= 0.3 is 6.18 Å². The van der Waals surface area contributed by atoms with Crippen LogP contribution in [0.5, 0.6) is 5.75 Å². The molecule has 0 unspecified atom stereocenters. The standard InChI is InChI=1S/C19H18ClF3N4O2/c1-2-26-17(28)15(24)18(29-14-8-6-13(20)7-9-14)27-16(25)11-4-3-5-12(10-11)19(21,22)23/h3-10H,2,24H2,1H3,(H2,25,27)(H,26,28)/b18-15+. The van der Waals surface area contributed by atoms with Crippen LogP contribution in [0.3, 0.4) is 0 Å². The summed E-state index contributed by atoms with van der Waals surface area (Å²) in [4.78, 5) is 16.0. The number of ether oxygens (including phenoxy) is 1. The molecule has 0 aromatic heterocycles. The van der Waals surface area contributed by atoms with Crippen molar-refractivity contribution < 1.29 is 22.7 Å². The van der Waals surface area contributed by atoms with Crippen LogP contribution in [0.15, 0.2) is 65.1 Å². The fourth-order valence-electron chi connectivity index (χ4n) is 2.13. The van der Waals surface area contributed by atoms with Crippen molar-refractivity contribution in [2.75, 3.05) is 6.54 Å².